The smallest absolute Gasteiger partial charge is 0.405 e. The van der Waals surface area contributed by atoms with Gasteiger partial charge in [0.05, 0.1) is 29.9 Å². The Labute approximate surface area is 114 Å². The molecule has 0 radical (unpaired) electrons. The quantitative estimate of drug-likeness (QED) is 0.575. The summed E-state index contributed by atoms with van der Waals surface area (Å²) in [4.78, 5) is 10.2. The highest BCUT2D eigenvalue weighted by atomic mass is 35.5. The number of amides is 1. The van der Waals surface area contributed by atoms with E-state index in [9.17, 15) is 4.79 Å². The zero-order valence-corrected chi connectivity index (χ0v) is 10.9. The van der Waals surface area contributed by atoms with Crippen molar-refractivity contribution in [1.29, 1.82) is 0 Å². The predicted octanol–water partition coefficient (Wildman–Crippen LogP) is 2.20. The second-order valence-corrected chi connectivity index (χ2v) is 3.91. The number of anilines is 1. The molecule has 1 aromatic rings. The fraction of sp³-hybridized carbons (Fsp3) is 0.182. The van der Waals surface area contributed by atoms with Crippen molar-refractivity contribution in [3.63, 3.8) is 0 Å². The van der Waals surface area contributed by atoms with Gasteiger partial charge in [0.25, 0.3) is 0 Å². The molecule has 1 amide bonds. The first kappa shape index (κ1) is 14.3. The summed E-state index contributed by atoms with van der Waals surface area (Å²) < 4.78 is 4.99. The van der Waals surface area contributed by atoms with Gasteiger partial charge in [-0.05, 0) is 6.07 Å². The highest BCUT2D eigenvalue weighted by molar-refractivity contribution is 6.39. The topological polar surface area (TPSA) is 84.6 Å². The molecule has 5 nitrogen and oxygen atoms in total. The Morgan fingerprint density at radius 3 is 2.83 bits per heavy atom. The van der Waals surface area contributed by atoms with Crippen molar-refractivity contribution < 1.29 is 14.6 Å². The molecule has 0 spiro atoms. The molecular weight excluding hydrogens is 279 g/mol. The third kappa shape index (κ3) is 3.36. The Kier molecular flexibility index (Phi) is 4.95. The predicted molar refractivity (Wildman–Crippen MR) is 70.3 cm³/mol. The van der Waals surface area contributed by atoms with E-state index in [0.717, 1.165) is 0 Å². The Bertz CT molecular complexity index is 535. The molecule has 0 saturated heterocycles. The number of nitrogens with one attached hydrogen (secondary N) is 1. The van der Waals surface area contributed by atoms with Crippen molar-refractivity contribution >= 4 is 35.0 Å². The van der Waals surface area contributed by atoms with E-state index in [4.69, 9.17) is 38.8 Å². The van der Waals surface area contributed by atoms with Crippen LogP contribution in [0.15, 0.2) is 6.07 Å². The largest absolute Gasteiger partial charge is 0.494 e. The summed E-state index contributed by atoms with van der Waals surface area (Å²) >= 11 is 11.9. The van der Waals surface area contributed by atoms with Crippen LogP contribution in [0.2, 0.25) is 10.0 Å². The van der Waals surface area contributed by atoms with Crippen molar-refractivity contribution in [3.8, 4) is 17.6 Å². The fourth-order valence-electron chi connectivity index (χ4n) is 1.17. The number of carbonyl (C=O) groups is 1. The monoisotopic (exact) mass is 288 g/mol. The van der Waals surface area contributed by atoms with Gasteiger partial charge in [0.2, 0.25) is 0 Å². The summed E-state index contributed by atoms with van der Waals surface area (Å²) in [5, 5.41) is 10.9. The van der Waals surface area contributed by atoms with E-state index in [2.05, 4.69) is 17.2 Å². The van der Waals surface area contributed by atoms with Crippen LogP contribution < -0.4 is 15.8 Å². The van der Waals surface area contributed by atoms with Crippen LogP contribution in [-0.4, -0.2) is 24.9 Å². The standard InChI is InChI=1S/C11H10Cl2N2O3/c1-18-10-7(12)5-6(9(14)8(10)13)3-2-4-15-11(16)17/h5,15H,4,14H2,1H3,(H,16,17). The summed E-state index contributed by atoms with van der Waals surface area (Å²) in [5.41, 5.74) is 6.41. The molecule has 0 aromatic heterocycles. The molecular formula is C11H10Cl2N2O3. The molecule has 0 aliphatic rings. The van der Waals surface area contributed by atoms with Crippen molar-refractivity contribution in [2.45, 2.75) is 0 Å². The number of ether oxygens (including phenoxy) is 1. The highest BCUT2D eigenvalue weighted by Crippen LogP contribution is 2.38. The summed E-state index contributed by atoms with van der Waals surface area (Å²) in [6.45, 7) is -0.0178. The second-order valence-electron chi connectivity index (χ2n) is 3.13. The number of nitrogens with two attached hydrogens (primary N) is 1. The molecule has 7 heteroatoms. The molecule has 1 rings (SSSR count). The van der Waals surface area contributed by atoms with E-state index in [1.807, 2.05) is 0 Å². The van der Waals surface area contributed by atoms with Crippen LogP contribution in [0.3, 0.4) is 0 Å². The van der Waals surface area contributed by atoms with Gasteiger partial charge >= 0.3 is 6.09 Å². The lowest BCUT2D eigenvalue weighted by Gasteiger charge is -2.09. The molecule has 0 atom stereocenters. The molecule has 96 valence electrons. The molecule has 0 unspecified atom stereocenters. The van der Waals surface area contributed by atoms with Gasteiger partial charge in [-0.15, -0.1) is 0 Å². The zero-order chi connectivity index (χ0) is 13.7. The number of nitrogen functional groups attached to an aromatic ring is 1. The van der Waals surface area contributed by atoms with Crippen molar-refractivity contribution in [1.82, 2.24) is 5.32 Å². The van der Waals surface area contributed by atoms with Crippen molar-refractivity contribution in [2.75, 3.05) is 19.4 Å². The van der Waals surface area contributed by atoms with Gasteiger partial charge in [0.1, 0.15) is 5.02 Å². The lowest BCUT2D eigenvalue weighted by molar-refractivity contribution is 0.196. The number of methoxy groups -OCH3 is 1. The van der Waals surface area contributed by atoms with E-state index < -0.39 is 6.09 Å². The van der Waals surface area contributed by atoms with Crippen LogP contribution in [0.5, 0.6) is 5.75 Å². The number of benzene rings is 1. The molecule has 0 aliphatic heterocycles. The van der Waals surface area contributed by atoms with E-state index in [-0.39, 0.29) is 28.0 Å². The van der Waals surface area contributed by atoms with Crippen molar-refractivity contribution in [3.05, 3.63) is 21.7 Å². The third-order valence-corrected chi connectivity index (χ3v) is 2.63. The van der Waals surface area contributed by atoms with Crippen LogP contribution in [0.1, 0.15) is 5.56 Å². The third-order valence-electron chi connectivity index (χ3n) is 1.97. The van der Waals surface area contributed by atoms with Crippen molar-refractivity contribution in [2.24, 2.45) is 0 Å². The van der Waals surface area contributed by atoms with Crippen LogP contribution in [0.25, 0.3) is 0 Å². The average molecular weight is 289 g/mol. The number of hydrogen-bond donors (Lipinski definition) is 3. The first-order chi connectivity index (χ1) is 8.47. The Morgan fingerprint density at radius 2 is 2.28 bits per heavy atom. The molecule has 1 aromatic carbocycles. The van der Waals surface area contributed by atoms with Gasteiger partial charge < -0.3 is 20.9 Å². The minimum absolute atomic E-state index is 0.0178. The maximum Gasteiger partial charge on any atom is 0.405 e. The van der Waals surface area contributed by atoms with E-state index >= 15 is 0 Å². The van der Waals surface area contributed by atoms with E-state index in [0.29, 0.717) is 5.56 Å². The van der Waals surface area contributed by atoms with Gasteiger partial charge in [-0.2, -0.15) is 0 Å². The molecule has 0 bridgehead atoms. The molecule has 4 N–H and O–H groups in total. The average Bonchev–Trinajstić information content (AvgIpc) is 2.31. The number of carboxylic acid groups (broad SMARTS) is 1. The minimum atomic E-state index is -1.15. The van der Waals surface area contributed by atoms with E-state index in [1.54, 1.807) is 0 Å². The summed E-state index contributed by atoms with van der Waals surface area (Å²) in [6, 6.07) is 1.51. The Balaban J connectivity index is 3.01. The Morgan fingerprint density at radius 1 is 1.61 bits per heavy atom. The van der Waals surface area contributed by atoms with Gasteiger partial charge in [-0.25, -0.2) is 4.79 Å². The zero-order valence-electron chi connectivity index (χ0n) is 9.38. The van der Waals surface area contributed by atoms with Crippen LogP contribution in [-0.2, 0) is 0 Å². The van der Waals surface area contributed by atoms with Crippen LogP contribution >= 0.6 is 23.2 Å². The highest BCUT2D eigenvalue weighted by Gasteiger charge is 2.13. The first-order valence-corrected chi connectivity index (χ1v) is 5.50. The number of rotatable bonds is 2. The molecule has 0 aliphatic carbocycles. The normalized spacial score (nSPS) is 9.28. The summed E-state index contributed by atoms with van der Waals surface area (Å²) in [6.07, 6.45) is -1.15. The van der Waals surface area contributed by atoms with Gasteiger partial charge in [-0.1, -0.05) is 35.0 Å². The van der Waals surface area contributed by atoms with Crippen LogP contribution in [0, 0.1) is 11.8 Å². The number of halogens is 2. The molecule has 0 fully saturated rings. The summed E-state index contributed by atoms with van der Waals surface area (Å²) in [7, 11) is 1.43. The molecule has 0 heterocycles. The maximum absolute atomic E-state index is 10.2. The molecule has 0 saturated carbocycles. The maximum atomic E-state index is 10.2. The van der Waals surface area contributed by atoms with Gasteiger partial charge in [0, 0.05) is 0 Å². The first-order valence-electron chi connectivity index (χ1n) is 4.74. The lowest BCUT2D eigenvalue weighted by Crippen LogP contribution is -2.20. The Hall–Kier alpha value is -1.77. The second kappa shape index (κ2) is 6.24. The van der Waals surface area contributed by atoms with E-state index in [1.165, 1.54) is 13.2 Å². The number of hydrogen-bond acceptors (Lipinski definition) is 3. The van der Waals surface area contributed by atoms with Gasteiger partial charge in [-0.3, -0.25) is 0 Å². The lowest BCUT2D eigenvalue weighted by atomic mass is 10.1. The SMILES string of the molecule is COc1c(Cl)cc(C#CCNC(=O)O)c(N)c1Cl. The molecule has 18 heavy (non-hydrogen) atoms. The van der Waals surface area contributed by atoms with Gasteiger partial charge in [0.15, 0.2) is 5.75 Å². The fourth-order valence-corrected chi connectivity index (χ4v) is 1.78. The minimum Gasteiger partial charge on any atom is -0.494 e. The summed E-state index contributed by atoms with van der Waals surface area (Å²) in [5.74, 6) is 5.54. The van der Waals surface area contributed by atoms with Crippen LogP contribution in [0.4, 0.5) is 10.5 Å².